The number of hydrazine groups is 1. The van der Waals surface area contributed by atoms with Crippen molar-refractivity contribution in [3.8, 4) is 6.19 Å². The second kappa shape index (κ2) is 8.04. The van der Waals surface area contributed by atoms with Crippen LogP contribution >= 0.6 is 11.6 Å². The van der Waals surface area contributed by atoms with Crippen molar-refractivity contribution >= 4 is 23.4 Å². The number of nitrogens with zero attached hydrogens (tertiary/aromatic N) is 3. The van der Waals surface area contributed by atoms with E-state index < -0.39 is 17.4 Å². The lowest BCUT2D eigenvalue weighted by Gasteiger charge is -2.39. The number of aryl methyl sites for hydroxylation is 3. The predicted octanol–water partition coefficient (Wildman–Crippen LogP) is 5.04. The molecule has 2 amide bonds. The number of nitriles is 1. The summed E-state index contributed by atoms with van der Waals surface area (Å²) in [5, 5.41) is 12.0. The topological polar surface area (TPSA) is 64.4 Å². The molecule has 0 atom stereocenters. The molecule has 2 aromatic rings. The van der Waals surface area contributed by atoms with E-state index in [4.69, 9.17) is 11.6 Å². The standard InChI is InChI=1S/C22H24ClN3O2/c1-14-10-15(2)12-17(11-14)20(27)26(22(4,5)6)25(13-24)21(28)18-9-7-8-16(3)19(18)23/h7-12H,1-6H3. The van der Waals surface area contributed by atoms with Crippen molar-refractivity contribution in [3.05, 3.63) is 69.2 Å². The van der Waals surface area contributed by atoms with Gasteiger partial charge in [-0.2, -0.15) is 5.26 Å². The summed E-state index contributed by atoms with van der Waals surface area (Å²) < 4.78 is 0. The van der Waals surface area contributed by atoms with E-state index >= 15 is 0 Å². The van der Waals surface area contributed by atoms with Gasteiger partial charge in [0.05, 0.1) is 16.1 Å². The third-order valence-electron chi connectivity index (χ3n) is 4.21. The van der Waals surface area contributed by atoms with E-state index in [0.29, 0.717) is 11.1 Å². The summed E-state index contributed by atoms with van der Waals surface area (Å²) in [6.07, 6.45) is 1.86. The highest BCUT2D eigenvalue weighted by Gasteiger charge is 2.37. The minimum absolute atomic E-state index is 0.172. The van der Waals surface area contributed by atoms with E-state index in [2.05, 4.69) is 0 Å². The molecule has 0 fully saturated rings. The molecule has 0 aliphatic heterocycles. The van der Waals surface area contributed by atoms with Gasteiger partial charge in [0.15, 0.2) is 0 Å². The fourth-order valence-electron chi connectivity index (χ4n) is 3.02. The summed E-state index contributed by atoms with van der Waals surface area (Å²) in [5.41, 5.74) is 2.33. The molecule has 0 unspecified atom stereocenters. The molecule has 6 heteroatoms. The lowest BCUT2D eigenvalue weighted by atomic mass is 10.0. The Bertz CT molecular complexity index is 950. The van der Waals surface area contributed by atoms with Gasteiger partial charge in [0.2, 0.25) is 6.19 Å². The first-order valence-corrected chi connectivity index (χ1v) is 9.27. The molecule has 2 rings (SSSR count). The van der Waals surface area contributed by atoms with Gasteiger partial charge < -0.3 is 0 Å². The molecule has 0 radical (unpaired) electrons. The number of carbonyl (C=O) groups excluding carboxylic acids is 2. The largest absolute Gasteiger partial charge is 0.287 e. The summed E-state index contributed by atoms with van der Waals surface area (Å²) >= 11 is 6.29. The fraction of sp³-hybridized carbons (Fsp3) is 0.318. The highest BCUT2D eigenvalue weighted by Crippen LogP contribution is 2.26. The van der Waals surface area contributed by atoms with Crippen LogP contribution in [0.3, 0.4) is 0 Å². The number of halogens is 1. The predicted molar refractivity (Wildman–Crippen MR) is 110 cm³/mol. The summed E-state index contributed by atoms with van der Waals surface area (Å²) in [7, 11) is 0. The van der Waals surface area contributed by atoms with Gasteiger partial charge in [-0.15, -0.1) is 5.01 Å². The Morgan fingerprint density at radius 3 is 2.07 bits per heavy atom. The van der Waals surface area contributed by atoms with Crippen molar-refractivity contribution in [2.24, 2.45) is 0 Å². The molecule has 28 heavy (non-hydrogen) atoms. The maximum Gasteiger partial charge on any atom is 0.287 e. The zero-order chi connectivity index (χ0) is 21.2. The maximum atomic E-state index is 13.3. The quantitative estimate of drug-likeness (QED) is 0.405. The Morgan fingerprint density at radius 2 is 1.57 bits per heavy atom. The summed E-state index contributed by atoms with van der Waals surface area (Å²) in [4.78, 5) is 26.5. The van der Waals surface area contributed by atoms with Crippen LogP contribution in [0, 0.1) is 32.2 Å². The van der Waals surface area contributed by atoms with Crippen molar-refractivity contribution in [3.63, 3.8) is 0 Å². The monoisotopic (exact) mass is 397 g/mol. The Kier molecular flexibility index (Phi) is 6.16. The summed E-state index contributed by atoms with van der Waals surface area (Å²) in [6, 6.07) is 10.5. The summed E-state index contributed by atoms with van der Waals surface area (Å²) in [6.45, 7) is 10.9. The molecule has 5 nitrogen and oxygen atoms in total. The van der Waals surface area contributed by atoms with Crippen LogP contribution in [0.25, 0.3) is 0 Å². The van der Waals surface area contributed by atoms with Gasteiger partial charge in [-0.3, -0.25) is 9.59 Å². The van der Waals surface area contributed by atoms with Crippen LogP contribution in [0.4, 0.5) is 0 Å². The van der Waals surface area contributed by atoms with Crippen LogP contribution < -0.4 is 0 Å². The zero-order valence-electron chi connectivity index (χ0n) is 17.0. The highest BCUT2D eigenvalue weighted by molar-refractivity contribution is 6.34. The third kappa shape index (κ3) is 4.35. The van der Waals surface area contributed by atoms with Gasteiger partial charge in [0, 0.05) is 5.56 Å². The van der Waals surface area contributed by atoms with Crippen molar-refractivity contribution < 1.29 is 9.59 Å². The molecule has 0 saturated heterocycles. The SMILES string of the molecule is Cc1cc(C)cc(C(=O)N(N(C#N)C(=O)c2cccc(C)c2Cl)C(C)(C)C)c1. The second-order valence-corrected chi connectivity index (χ2v) is 8.20. The first-order chi connectivity index (χ1) is 13.0. The second-order valence-electron chi connectivity index (χ2n) is 7.82. The molecule has 0 aliphatic carbocycles. The lowest BCUT2D eigenvalue weighted by molar-refractivity contribution is -0.0167. The van der Waals surface area contributed by atoms with E-state index in [1.54, 1.807) is 58.0 Å². The number of amides is 2. The molecular weight excluding hydrogens is 374 g/mol. The Balaban J connectivity index is 2.57. The average Bonchev–Trinajstić information content (AvgIpc) is 2.59. The van der Waals surface area contributed by atoms with Crippen LogP contribution in [0.5, 0.6) is 0 Å². The minimum Gasteiger partial charge on any atom is -0.267 e. The number of hydrogen-bond donors (Lipinski definition) is 0. The first-order valence-electron chi connectivity index (χ1n) is 8.89. The number of rotatable bonds is 2. The van der Waals surface area contributed by atoms with Crippen molar-refractivity contribution in [2.45, 2.75) is 47.1 Å². The van der Waals surface area contributed by atoms with Crippen molar-refractivity contribution in [1.82, 2.24) is 10.0 Å². The van der Waals surface area contributed by atoms with Gasteiger partial charge >= 0.3 is 0 Å². The highest BCUT2D eigenvalue weighted by atomic mass is 35.5. The fourth-order valence-corrected chi connectivity index (χ4v) is 3.23. The number of carbonyl (C=O) groups is 2. The third-order valence-corrected chi connectivity index (χ3v) is 4.71. The smallest absolute Gasteiger partial charge is 0.267 e. The van der Waals surface area contributed by atoms with Crippen LogP contribution in [0.1, 0.15) is 58.2 Å². The van der Waals surface area contributed by atoms with Crippen molar-refractivity contribution in [1.29, 1.82) is 5.26 Å². The van der Waals surface area contributed by atoms with E-state index in [1.165, 1.54) is 5.01 Å². The van der Waals surface area contributed by atoms with Gasteiger partial charge in [0.25, 0.3) is 11.8 Å². The molecule has 0 saturated carbocycles. The first kappa shape index (κ1) is 21.5. The normalized spacial score (nSPS) is 10.9. The number of benzene rings is 2. The van der Waals surface area contributed by atoms with Crippen LogP contribution in [0.2, 0.25) is 5.02 Å². The Hall–Kier alpha value is -2.84. The van der Waals surface area contributed by atoms with Gasteiger partial charge in [-0.25, -0.2) is 5.01 Å². The minimum atomic E-state index is -0.823. The van der Waals surface area contributed by atoms with Gasteiger partial charge in [-0.1, -0.05) is 40.9 Å². The van der Waals surface area contributed by atoms with Crippen LogP contribution in [-0.2, 0) is 0 Å². The van der Waals surface area contributed by atoms with Gasteiger partial charge in [-0.05, 0) is 65.3 Å². The van der Waals surface area contributed by atoms with Gasteiger partial charge in [0.1, 0.15) is 0 Å². The molecule has 0 aromatic heterocycles. The molecule has 2 aromatic carbocycles. The van der Waals surface area contributed by atoms with E-state index in [9.17, 15) is 14.9 Å². The molecule has 0 heterocycles. The Morgan fingerprint density at radius 1 is 1.00 bits per heavy atom. The Labute approximate surface area is 171 Å². The maximum absolute atomic E-state index is 13.3. The lowest BCUT2D eigenvalue weighted by Crippen LogP contribution is -2.56. The van der Waals surface area contributed by atoms with Crippen molar-refractivity contribution in [2.75, 3.05) is 0 Å². The molecule has 0 N–H and O–H groups in total. The van der Waals surface area contributed by atoms with Crippen LogP contribution in [-0.4, -0.2) is 27.4 Å². The van der Waals surface area contributed by atoms with Crippen LogP contribution in [0.15, 0.2) is 36.4 Å². The summed E-state index contributed by atoms with van der Waals surface area (Å²) in [5.74, 6) is -1.08. The molecular formula is C22H24ClN3O2. The molecule has 0 aliphatic rings. The zero-order valence-corrected chi connectivity index (χ0v) is 17.8. The van der Waals surface area contributed by atoms with E-state index in [-0.39, 0.29) is 10.6 Å². The molecule has 146 valence electrons. The average molecular weight is 398 g/mol. The van der Waals surface area contributed by atoms with E-state index in [1.807, 2.05) is 26.1 Å². The van der Waals surface area contributed by atoms with E-state index in [0.717, 1.165) is 16.1 Å². The molecule has 0 spiro atoms. The molecule has 0 bridgehead atoms. The number of hydrogen-bond acceptors (Lipinski definition) is 3.